The predicted molar refractivity (Wildman–Crippen MR) is 45.7 cm³/mol. The van der Waals surface area contributed by atoms with Crippen LogP contribution in [0.2, 0.25) is 0 Å². The summed E-state index contributed by atoms with van der Waals surface area (Å²) in [5.41, 5.74) is 0.997. The topological polar surface area (TPSA) is 41.6 Å². The Balaban J connectivity index is 2.76. The highest BCUT2D eigenvalue weighted by molar-refractivity contribution is 7.98. The molecule has 0 aromatic carbocycles. The van der Waals surface area contributed by atoms with Gasteiger partial charge in [-0.2, -0.15) is 5.10 Å². The molecule has 0 bridgehead atoms. The van der Waals surface area contributed by atoms with Gasteiger partial charge in [0.1, 0.15) is 5.03 Å². The summed E-state index contributed by atoms with van der Waals surface area (Å²) in [6.45, 7) is 0. The fraction of sp³-hybridized carbons (Fsp3) is 0.143. The molecule has 0 atom stereocenters. The second-order valence-corrected chi connectivity index (χ2v) is 2.95. The van der Waals surface area contributed by atoms with Crippen molar-refractivity contribution in [2.45, 2.75) is 5.03 Å². The maximum atomic E-state index is 4.11. The number of aromatic nitrogens is 3. The maximum Gasteiger partial charge on any atom is 0.126 e. The van der Waals surface area contributed by atoms with E-state index < -0.39 is 0 Å². The Kier molecular flexibility index (Phi) is 1.54. The van der Waals surface area contributed by atoms with Crippen molar-refractivity contribution in [3.8, 4) is 0 Å². The molecule has 56 valence electrons. The van der Waals surface area contributed by atoms with Crippen molar-refractivity contribution in [2.75, 3.05) is 6.26 Å². The number of aromatic amines is 1. The quantitative estimate of drug-likeness (QED) is 0.654. The number of nitrogens with one attached hydrogen (secondary N) is 1. The van der Waals surface area contributed by atoms with E-state index >= 15 is 0 Å². The van der Waals surface area contributed by atoms with Gasteiger partial charge >= 0.3 is 0 Å². The van der Waals surface area contributed by atoms with Crippen LogP contribution in [-0.4, -0.2) is 21.4 Å². The van der Waals surface area contributed by atoms with Crippen molar-refractivity contribution in [1.29, 1.82) is 0 Å². The highest BCUT2D eigenvalue weighted by atomic mass is 32.2. The van der Waals surface area contributed by atoms with Crippen molar-refractivity contribution in [3.05, 3.63) is 18.5 Å². The van der Waals surface area contributed by atoms with E-state index in [1.54, 1.807) is 24.2 Å². The Morgan fingerprint density at radius 1 is 1.55 bits per heavy atom. The summed E-state index contributed by atoms with van der Waals surface area (Å²) in [5.74, 6) is 0. The molecule has 0 amide bonds. The van der Waals surface area contributed by atoms with Crippen LogP contribution in [0.4, 0.5) is 0 Å². The van der Waals surface area contributed by atoms with E-state index in [0.717, 1.165) is 15.9 Å². The minimum atomic E-state index is 0.997. The monoisotopic (exact) mass is 165 g/mol. The molecule has 0 aliphatic rings. The van der Waals surface area contributed by atoms with Gasteiger partial charge in [-0.1, -0.05) is 0 Å². The lowest BCUT2D eigenvalue weighted by atomic mass is 10.3. The Hall–Kier alpha value is -1.03. The van der Waals surface area contributed by atoms with E-state index in [9.17, 15) is 0 Å². The normalized spacial score (nSPS) is 10.6. The third-order valence-corrected chi connectivity index (χ3v) is 2.22. The highest BCUT2D eigenvalue weighted by Gasteiger charge is 2.01. The molecule has 0 radical (unpaired) electrons. The number of H-pyrrole nitrogens is 1. The third-order valence-electron chi connectivity index (χ3n) is 1.52. The summed E-state index contributed by atoms with van der Waals surface area (Å²) < 4.78 is 0. The van der Waals surface area contributed by atoms with Crippen LogP contribution in [0.15, 0.2) is 23.5 Å². The summed E-state index contributed by atoms with van der Waals surface area (Å²) in [6, 6.07) is 1.96. The number of rotatable bonds is 1. The van der Waals surface area contributed by atoms with Gasteiger partial charge in [0.15, 0.2) is 0 Å². The van der Waals surface area contributed by atoms with Crippen LogP contribution in [0.25, 0.3) is 10.9 Å². The van der Waals surface area contributed by atoms with E-state index in [4.69, 9.17) is 0 Å². The summed E-state index contributed by atoms with van der Waals surface area (Å²) >= 11 is 1.63. The molecule has 0 saturated carbocycles. The molecule has 0 saturated heterocycles. The van der Waals surface area contributed by atoms with Gasteiger partial charge in [-0.15, -0.1) is 11.8 Å². The molecule has 2 rings (SSSR count). The van der Waals surface area contributed by atoms with Gasteiger partial charge in [-0.25, -0.2) is 0 Å². The zero-order valence-electron chi connectivity index (χ0n) is 6.03. The van der Waals surface area contributed by atoms with E-state index in [-0.39, 0.29) is 0 Å². The summed E-state index contributed by atoms with van der Waals surface area (Å²) in [4.78, 5) is 3.98. The first kappa shape index (κ1) is 6.67. The summed E-state index contributed by atoms with van der Waals surface area (Å²) in [5, 5.41) is 9.19. The number of nitrogens with zero attached hydrogens (tertiary/aromatic N) is 2. The van der Waals surface area contributed by atoms with E-state index in [0.29, 0.717) is 0 Å². The predicted octanol–water partition coefficient (Wildman–Crippen LogP) is 1.68. The van der Waals surface area contributed by atoms with Crippen molar-refractivity contribution in [3.63, 3.8) is 0 Å². The van der Waals surface area contributed by atoms with Crippen LogP contribution in [0.5, 0.6) is 0 Å². The largest absolute Gasteiger partial charge is 0.275 e. The molecule has 11 heavy (non-hydrogen) atoms. The second-order valence-electron chi connectivity index (χ2n) is 2.15. The number of pyridine rings is 1. The smallest absolute Gasteiger partial charge is 0.126 e. The number of hydrogen-bond donors (Lipinski definition) is 1. The van der Waals surface area contributed by atoms with Crippen LogP contribution in [-0.2, 0) is 0 Å². The fourth-order valence-electron chi connectivity index (χ4n) is 0.997. The van der Waals surface area contributed by atoms with Crippen molar-refractivity contribution >= 4 is 22.7 Å². The molecule has 0 spiro atoms. The van der Waals surface area contributed by atoms with Crippen LogP contribution < -0.4 is 0 Å². The standard InChI is InChI=1S/C7H7N3S/c1-11-7-5-2-3-8-4-6(5)9-10-7/h2-4H,1H3,(H,9,10). The first-order valence-corrected chi connectivity index (χ1v) is 4.46. The molecule has 0 aliphatic heterocycles. The van der Waals surface area contributed by atoms with Crippen LogP contribution in [0.1, 0.15) is 0 Å². The van der Waals surface area contributed by atoms with Gasteiger partial charge in [-0.05, 0) is 12.3 Å². The second kappa shape index (κ2) is 2.54. The average Bonchev–Trinajstić information content (AvgIpc) is 2.47. The highest BCUT2D eigenvalue weighted by Crippen LogP contribution is 2.21. The molecule has 2 heterocycles. The molecule has 0 fully saturated rings. The summed E-state index contributed by atoms with van der Waals surface area (Å²) in [6.07, 6.45) is 5.57. The Morgan fingerprint density at radius 2 is 2.45 bits per heavy atom. The maximum absolute atomic E-state index is 4.11. The van der Waals surface area contributed by atoms with Crippen molar-refractivity contribution in [2.24, 2.45) is 0 Å². The lowest BCUT2D eigenvalue weighted by molar-refractivity contribution is 1.02. The molecule has 2 aromatic rings. The molecule has 2 aromatic heterocycles. The summed E-state index contributed by atoms with van der Waals surface area (Å²) in [7, 11) is 0. The van der Waals surface area contributed by atoms with Gasteiger partial charge < -0.3 is 0 Å². The van der Waals surface area contributed by atoms with Gasteiger partial charge in [0.05, 0.1) is 11.7 Å². The zero-order chi connectivity index (χ0) is 7.68. The number of hydrogen-bond acceptors (Lipinski definition) is 3. The number of thioether (sulfide) groups is 1. The molecule has 3 nitrogen and oxygen atoms in total. The van der Waals surface area contributed by atoms with Crippen LogP contribution >= 0.6 is 11.8 Å². The van der Waals surface area contributed by atoms with E-state index in [1.807, 2.05) is 12.3 Å². The molecular formula is C7H7N3S. The van der Waals surface area contributed by atoms with Crippen LogP contribution in [0.3, 0.4) is 0 Å². The van der Waals surface area contributed by atoms with Gasteiger partial charge in [0.2, 0.25) is 0 Å². The Bertz CT molecular complexity index is 368. The molecule has 1 N–H and O–H groups in total. The van der Waals surface area contributed by atoms with E-state index in [2.05, 4.69) is 15.2 Å². The number of fused-ring (bicyclic) bond motifs is 1. The Labute approximate surface area is 68.2 Å². The lowest BCUT2D eigenvalue weighted by Crippen LogP contribution is -1.70. The SMILES string of the molecule is CSc1n[nH]c2cnccc12. The van der Waals surface area contributed by atoms with Crippen molar-refractivity contribution in [1.82, 2.24) is 15.2 Å². The average molecular weight is 165 g/mol. The van der Waals surface area contributed by atoms with Crippen LogP contribution in [0, 0.1) is 0 Å². The first-order valence-electron chi connectivity index (χ1n) is 3.24. The molecule has 0 unspecified atom stereocenters. The molecule has 0 aliphatic carbocycles. The fourth-order valence-corrected chi connectivity index (χ4v) is 1.53. The first-order chi connectivity index (χ1) is 5.42. The molecule has 4 heteroatoms. The third kappa shape index (κ3) is 0.991. The zero-order valence-corrected chi connectivity index (χ0v) is 6.85. The van der Waals surface area contributed by atoms with Crippen molar-refractivity contribution < 1.29 is 0 Å². The van der Waals surface area contributed by atoms with Gasteiger partial charge in [-0.3, -0.25) is 10.1 Å². The van der Waals surface area contributed by atoms with E-state index in [1.165, 1.54) is 0 Å². The molecular weight excluding hydrogens is 158 g/mol. The lowest BCUT2D eigenvalue weighted by Gasteiger charge is -1.87. The van der Waals surface area contributed by atoms with Gasteiger partial charge in [0.25, 0.3) is 0 Å². The minimum Gasteiger partial charge on any atom is -0.275 e. The van der Waals surface area contributed by atoms with Gasteiger partial charge in [0, 0.05) is 11.6 Å². The Morgan fingerprint density at radius 3 is 3.27 bits per heavy atom. The minimum absolute atomic E-state index is 0.997.